The van der Waals surface area contributed by atoms with Gasteiger partial charge in [-0.25, -0.2) is 13.4 Å². The summed E-state index contributed by atoms with van der Waals surface area (Å²) in [6, 6.07) is 15.6. The number of nitrogens with zero attached hydrogens (tertiary/aromatic N) is 1. The van der Waals surface area contributed by atoms with Gasteiger partial charge in [0.2, 0.25) is 0 Å². The van der Waals surface area contributed by atoms with E-state index in [1.807, 2.05) is 26.0 Å². The lowest BCUT2D eigenvalue weighted by Gasteiger charge is -2.10. The summed E-state index contributed by atoms with van der Waals surface area (Å²) >= 11 is 5.86. The van der Waals surface area contributed by atoms with Gasteiger partial charge < -0.3 is 5.32 Å². The quantitative estimate of drug-likeness (QED) is 0.653. The van der Waals surface area contributed by atoms with E-state index in [0.29, 0.717) is 5.02 Å². The molecule has 0 spiro atoms. The molecular formula is C19H18ClN3O2S. The predicted molar refractivity (Wildman–Crippen MR) is 106 cm³/mol. The molecule has 0 fully saturated rings. The molecule has 0 amide bonds. The summed E-state index contributed by atoms with van der Waals surface area (Å²) in [7, 11) is -3.74. The summed E-state index contributed by atoms with van der Waals surface area (Å²) < 4.78 is 27.2. The van der Waals surface area contributed by atoms with Crippen molar-refractivity contribution in [3.8, 4) is 0 Å². The molecule has 0 aliphatic carbocycles. The zero-order valence-corrected chi connectivity index (χ0v) is 15.9. The number of pyridine rings is 1. The lowest BCUT2D eigenvalue weighted by atomic mass is 10.1. The Labute approximate surface area is 158 Å². The van der Waals surface area contributed by atoms with Gasteiger partial charge in [-0.05, 0) is 67.4 Å². The Bertz CT molecular complexity index is 1010. The monoisotopic (exact) mass is 387 g/mol. The molecule has 134 valence electrons. The summed E-state index contributed by atoms with van der Waals surface area (Å²) in [5.74, 6) is 0.232. The van der Waals surface area contributed by atoms with Crippen LogP contribution in [0.1, 0.15) is 11.1 Å². The molecule has 1 heterocycles. The third-order valence-electron chi connectivity index (χ3n) is 3.62. The Morgan fingerprint density at radius 1 is 0.923 bits per heavy atom. The molecule has 0 bridgehead atoms. The molecule has 5 nitrogen and oxygen atoms in total. The summed E-state index contributed by atoms with van der Waals surface area (Å²) in [6.45, 7) is 4.06. The lowest BCUT2D eigenvalue weighted by Crippen LogP contribution is -2.13. The van der Waals surface area contributed by atoms with Crippen LogP contribution in [0.25, 0.3) is 0 Å². The average molecular weight is 388 g/mol. The second-order valence-corrected chi connectivity index (χ2v) is 8.12. The van der Waals surface area contributed by atoms with Crippen LogP contribution in [0.4, 0.5) is 17.2 Å². The standard InChI is InChI=1S/C19H18ClN3O2S/c1-13-8-14(2)10-17(9-13)22-16-6-7-19(21-12-16)23-26(24,25)18-5-3-4-15(20)11-18/h3-12,22H,1-2H3,(H,21,23). The van der Waals surface area contributed by atoms with E-state index in [0.717, 1.165) is 22.5 Å². The molecule has 3 aromatic rings. The van der Waals surface area contributed by atoms with Crippen molar-refractivity contribution in [2.24, 2.45) is 0 Å². The maximum atomic E-state index is 12.4. The van der Waals surface area contributed by atoms with Gasteiger partial charge in [0.15, 0.2) is 0 Å². The van der Waals surface area contributed by atoms with Crippen molar-refractivity contribution in [2.45, 2.75) is 18.7 Å². The Kier molecular flexibility index (Phi) is 5.15. The molecule has 0 aliphatic rings. The van der Waals surface area contributed by atoms with Crippen molar-refractivity contribution in [1.29, 1.82) is 0 Å². The van der Waals surface area contributed by atoms with Crippen LogP contribution >= 0.6 is 11.6 Å². The number of halogens is 1. The third kappa shape index (κ3) is 4.53. The van der Waals surface area contributed by atoms with Gasteiger partial charge in [0, 0.05) is 10.7 Å². The summed E-state index contributed by atoms with van der Waals surface area (Å²) in [4.78, 5) is 4.25. The number of aromatic nitrogens is 1. The topological polar surface area (TPSA) is 71.1 Å². The third-order valence-corrected chi connectivity index (χ3v) is 5.21. The zero-order chi connectivity index (χ0) is 18.7. The molecule has 2 aromatic carbocycles. The molecule has 3 rings (SSSR count). The van der Waals surface area contributed by atoms with Gasteiger partial charge in [-0.1, -0.05) is 23.7 Å². The Hall–Kier alpha value is -2.57. The molecule has 0 atom stereocenters. The minimum Gasteiger partial charge on any atom is -0.354 e. The van der Waals surface area contributed by atoms with Gasteiger partial charge in [0.05, 0.1) is 16.8 Å². The molecule has 0 saturated carbocycles. The van der Waals surface area contributed by atoms with Crippen molar-refractivity contribution in [3.63, 3.8) is 0 Å². The van der Waals surface area contributed by atoms with Crippen LogP contribution in [0, 0.1) is 13.8 Å². The van der Waals surface area contributed by atoms with Crippen molar-refractivity contribution in [1.82, 2.24) is 4.98 Å². The van der Waals surface area contributed by atoms with Crippen molar-refractivity contribution < 1.29 is 8.42 Å². The molecule has 1 aromatic heterocycles. The number of rotatable bonds is 5. The lowest BCUT2D eigenvalue weighted by molar-refractivity contribution is 0.601. The van der Waals surface area contributed by atoms with Crippen LogP contribution in [0.5, 0.6) is 0 Å². The first-order valence-electron chi connectivity index (χ1n) is 7.92. The van der Waals surface area contributed by atoms with Gasteiger partial charge in [-0.2, -0.15) is 0 Å². The van der Waals surface area contributed by atoms with Crippen molar-refractivity contribution >= 4 is 38.8 Å². The van der Waals surface area contributed by atoms with Crippen LogP contribution in [0.3, 0.4) is 0 Å². The van der Waals surface area contributed by atoms with Crippen molar-refractivity contribution in [3.05, 3.63) is 76.9 Å². The van der Waals surface area contributed by atoms with E-state index in [9.17, 15) is 8.42 Å². The first kappa shape index (κ1) is 18.2. The molecule has 0 saturated heterocycles. The van der Waals surface area contributed by atoms with Gasteiger partial charge in [0.1, 0.15) is 5.82 Å². The minimum atomic E-state index is -3.74. The van der Waals surface area contributed by atoms with Crippen LogP contribution in [-0.2, 0) is 10.0 Å². The van der Waals surface area contributed by atoms with Crippen LogP contribution in [0.2, 0.25) is 5.02 Å². The van der Waals surface area contributed by atoms with E-state index in [1.54, 1.807) is 30.5 Å². The predicted octanol–water partition coefficient (Wildman–Crippen LogP) is 4.90. The molecule has 7 heteroatoms. The SMILES string of the molecule is Cc1cc(C)cc(Nc2ccc(NS(=O)(=O)c3cccc(Cl)c3)nc2)c1. The van der Waals surface area contributed by atoms with Gasteiger partial charge in [-0.15, -0.1) is 0 Å². The average Bonchev–Trinajstić information content (AvgIpc) is 2.55. The first-order valence-corrected chi connectivity index (χ1v) is 9.78. The minimum absolute atomic E-state index is 0.0873. The number of anilines is 3. The fourth-order valence-electron chi connectivity index (χ4n) is 2.57. The highest BCUT2D eigenvalue weighted by molar-refractivity contribution is 7.92. The Morgan fingerprint density at radius 2 is 1.65 bits per heavy atom. The maximum absolute atomic E-state index is 12.4. The molecular weight excluding hydrogens is 370 g/mol. The van der Waals surface area contributed by atoms with Gasteiger partial charge in [-0.3, -0.25) is 4.72 Å². The highest BCUT2D eigenvalue weighted by Gasteiger charge is 2.15. The smallest absolute Gasteiger partial charge is 0.263 e. The largest absolute Gasteiger partial charge is 0.354 e. The van der Waals surface area contributed by atoms with E-state index in [2.05, 4.69) is 21.1 Å². The molecule has 0 aliphatic heterocycles. The molecule has 0 unspecified atom stereocenters. The van der Waals surface area contributed by atoms with Gasteiger partial charge >= 0.3 is 0 Å². The number of hydrogen-bond acceptors (Lipinski definition) is 4. The Morgan fingerprint density at radius 3 is 2.27 bits per heavy atom. The van der Waals surface area contributed by atoms with Crippen LogP contribution in [0.15, 0.2) is 65.7 Å². The molecule has 2 N–H and O–H groups in total. The van der Waals surface area contributed by atoms with Gasteiger partial charge in [0.25, 0.3) is 10.0 Å². The van der Waals surface area contributed by atoms with E-state index in [4.69, 9.17) is 11.6 Å². The van der Waals surface area contributed by atoms with E-state index in [-0.39, 0.29) is 10.7 Å². The second kappa shape index (κ2) is 7.35. The van der Waals surface area contributed by atoms with Crippen LogP contribution in [-0.4, -0.2) is 13.4 Å². The maximum Gasteiger partial charge on any atom is 0.263 e. The zero-order valence-electron chi connectivity index (χ0n) is 14.3. The normalized spacial score (nSPS) is 11.2. The molecule has 26 heavy (non-hydrogen) atoms. The van der Waals surface area contributed by atoms with E-state index < -0.39 is 10.0 Å². The second-order valence-electron chi connectivity index (χ2n) is 6.00. The highest BCUT2D eigenvalue weighted by atomic mass is 35.5. The summed E-state index contributed by atoms with van der Waals surface area (Å²) in [5.41, 5.74) is 4.04. The summed E-state index contributed by atoms with van der Waals surface area (Å²) in [5, 5.41) is 3.61. The Balaban J connectivity index is 1.75. The first-order chi connectivity index (χ1) is 12.3. The fraction of sp³-hybridized carbons (Fsp3) is 0.105. The highest BCUT2D eigenvalue weighted by Crippen LogP contribution is 2.22. The fourth-order valence-corrected chi connectivity index (χ4v) is 3.88. The number of benzene rings is 2. The number of sulfonamides is 1. The number of nitrogens with one attached hydrogen (secondary N) is 2. The van der Waals surface area contributed by atoms with Crippen molar-refractivity contribution in [2.75, 3.05) is 10.0 Å². The van der Waals surface area contributed by atoms with Crippen LogP contribution < -0.4 is 10.0 Å². The molecule has 0 radical (unpaired) electrons. The van der Waals surface area contributed by atoms with E-state index >= 15 is 0 Å². The number of hydrogen-bond donors (Lipinski definition) is 2. The van der Waals surface area contributed by atoms with E-state index in [1.165, 1.54) is 12.1 Å². The number of aryl methyl sites for hydroxylation is 2. The summed E-state index contributed by atoms with van der Waals surface area (Å²) in [6.07, 6.45) is 1.58.